The molecule has 1 aromatic heterocycles. The van der Waals surface area contributed by atoms with Gasteiger partial charge in [0.25, 0.3) is 0 Å². The van der Waals surface area contributed by atoms with Crippen LogP contribution in [0.3, 0.4) is 0 Å². The molecule has 2 aromatic rings. The van der Waals surface area contributed by atoms with Gasteiger partial charge in [-0.05, 0) is 55.3 Å². The Hall–Kier alpha value is -1.39. The van der Waals surface area contributed by atoms with E-state index in [1.54, 1.807) is 17.4 Å². The van der Waals surface area contributed by atoms with Crippen LogP contribution < -0.4 is 4.74 Å². The van der Waals surface area contributed by atoms with Gasteiger partial charge in [0, 0.05) is 14.9 Å². The average Bonchev–Trinajstić information content (AvgIpc) is 3.01. The van der Waals surface area contributed by atoms with Crippen molar-refractivity contribution < 1.29 is 9.53 Å². The van der Waals surface area contributed by atoms with Crippen molar-refractivity contribution in [3.8, 4) is 5.75 Å². The molecular weight excluding hydrogens is 372 g/mol. The normalized spacial score (nSPS) is 11.1. The molecule has 2 rings (SSSR count). The van der Waals surface area contributed by atoms with Crippen molar-refractivity contribution in [2.45, 2.75) is 33.1 Å². The quantitative estimate of drug-likeness (QED) is 0.397. The van der Waals surface area contributed by atoms with Gasteiger partial charge in [0.1, 0.15) is 5.75 Å². The molecule has 23 heavy (non-hydrogen) atoms. The number of allylic oxidation sites excluding steroid dienone is 1. The number of rotatable bonds is 8. The van der Waals surface area contributed by atoms with Crippen molar-refractivity contribution in [2.24, 2.45) is 0 Å². The van der Waals surface area contributed by atoms with E-state index in [9.17, 15) is 4.79 Å². The van der Waals surface area contributed by atoms with Gasteiger partial charge in [-0.25, -0.2) is 0 Å². The van der Waals surface area contributed by atoms with Crippen molar-refractivity contribution in [2.75, 3.05) is 6.61 Å². The van der Waals surface area contributed by atoms with Crippen LogP contribution in [0.5, 0.6) is 5.75 Å². The van der Waals surface area contributed by atoms with Crippen molar-refractivity contribution in [1.29, 1.82) is 0 Å². The van der Waals surface area contributed by atoms with E-state index in [0.717, 1.165) is 39.9 Å². The minimum Gasteiger partial charge on any atom is -0.493 e. The zero-order chi connectivity index (χ0) is 16.7. The van der Waals surface area contributed by atoms with Gasteiger partial charge in [0.05, 0.1) is 11.5 Å². The van der Waals surface area contributed by atoms with Crippen molar-refractivity contribution in [3.63, 3.8) is 0 Å². The number of carbonyl (C=O) groups excluding carboxylic acids is 1. The lowest BCUT2D eigenvalue weighted by Crippen LogP contribution is -1.97. The first-order valence-corrected chi connectivity index (χ1v) is 9.48. The number of thiophene rings is 1. The smallest absolute Gasteiger partial charge is 0.195 e. The zero-order valence-electron chi connectivity index (χ0n) is 13.5. The fraction of sp³-hybridized carbons (Fsp3) is 0.316. The monoisotopic (exact) mass is 392 g/mol. The van der Waals surface area contributed by atoms with Gasteiger partial charge in [0.2, 0.25) is 0 Å². The molecule has 122 valence electrons. The first-order chi connectivity index (χ1) is 11.1. The Kier molecular flexibility index (Phi) is 7.06. The number of aryl methyl sites for hydroxylation is 1. The Balaban J connectivity index is 2.14. The molecular formula is C19H21BrO2S. The number of halogens is 1. The van der Waals surface area contributed by atoms with Crippen LogP contribution in [0.2, 0.25) is 0 Å². The standard InChI is InChI=1S/C19H21BrO2S/c1-3-5-16-8-11-19(23-16)17(21)9-6-14-13-15(20)7-10-18(14)22-12-4-2/h6-11,13H,3-5,12H2,1-2H3/b9-6+. The highest BCUT2D eigenvalue weighted by atomic mass is 79.9. The third kappa shape index (κ3) is 5.33. The third-order valence-electron chi connectivity index (χ3n) is 3.25. The van der Waals surface area contributed by atoms with Gasteiger partial charge >= 0.3 is 0 Å². The van der Waals surface area contributed by atoms with E-state index in [0.29, 0.717) is 6.61 Å². The maximum Gasteiger partial charge on any atom is 0.195 e. The number of ether oxygens (including phenoxy) is 1. The molecule has 0 saturated carbocycles. The van der Waals surface area contributed by atoms with Crippen LogP contribution in [-0.4, -0.2) is 12.4 Å². The first-order valence-electron chi connectivity index (χ1n) is 7.87. The van der Waals surface area contributed by atoms with Crippen LogP contribution in [0.25, 0.3) is 6.08 Å². The summed E-state index contributed by atoms with van der Waals surface area (Å²) in [5.74, 6) is 0.843. The first kappa shape index (κ1) is 18.0. The second kappa shape index (κ2) is 9.04. The summed E-state index contributed by atoms with van der Waals surface area (Å²) >= 11 is 5.05. The van der Waals surface area contributed by atoms with Gasteiger partial charge in [-0.1, -0.05) is 36.2 Å². The largest absolute Gasteiger partial charge is 0.493 e. The second-order valence-corrected chi connectivity index (χ2v) is 7.33. The SMILES string of the molecule is CCCOc1ccc(Br)cc1/C=C/C(=O)c1ccc(CCC)s1. The van der Waals surface area contributed by atoms with Crippen LogP contribution in [0.1, 0.15) is 46.8 Å². The zero-order valence-corrected chi connectivity index (χ0v) is 15.9. The van der Waals surface area contributed by atoms with Crippen molar-refractivity contribution in [1.82, 2.24) is 0 Å². The summed E-state index contributed by atoms with van der Waals surface area (Å²) < 4.78 is 6.70. The molecule has 0 aliphatic rings. The molecule has 1 aromatic carbocycles. The molecule has 0 unspecified atom stereocenters. The Labute approximate surface area is 150 Å². The molecule has 0 radical (unpaired) electrons. The van der Waals surface area contributed by atoms with E-state index in [4.69, 9.17) is 4.74 Å². The van der Waals surface area contributed by atoms with Crippen molar-refractivity contribution >= 4 is 39.1 Å². The maximum absolute atomic E-state index is 12.3. The summed E-state index contributed by atoms with van der Waals surface area (Å²) in [6, 6.07) is 9.79. The number of benzene rings is 1. The minimum absolute atomic E-state index is 0.0405. The summed E-state index contributed by atoms with van der Waals surface area (Å²) in [6.45, 7) is 4.89. The molecule has 0 atom stereocenters. The highest BCUT2D eigenvalue weighted by molar-refractivity contribution is 9.10. The van der Waals surface area contributed by atoms with Gasteiger partial charge in [0.15, 0.2) is 5.78 Å². The molecule has 0 N–H and O–H groups in total. The Bertz CT molecular complexity index is 688. The summed E-state index contributed by atoms with van der Waals surface area (Å²) in [5.41, 5.74) is 0.909. The molecule has 0 saturated heterocycles. The van der Waals surface area contributed by atoms with E-state index in [1.807, 2.05) is 36.4 Å². The lowest BCUT2D eigenvalue weighted by Gasteiger charge is -2.08. The highest BCUT2D eigenvalue weighted by Crippen LogP contribution is 2.25. The van der Waals surface area contributed by atoms with E-state index >= 15 is 0 Å². The van der Waals surface area contributed by atoms with E-state index < -0.39 is 0 Å². The highest BCUT2D eigenvalue weighted by Gasteiger charge is 2.07. The number of hydrogen-bond donors (Lipinski definition) is 0. The van der Waals surface area contributed by atoms with Gasteiger partial charge in [-0.15, -0.1) is 11.3 Å². The Morgan fingerprint density at radius 3 is 2.78 bits per heavy atom. The molecule has 0 spiro atoms. The maximum atomic E-state index is 12.3. The van der Waals surface area contributed by atoms with E-state index in [2.05, 4.69) is 29.8 Å². The fourth-order valence-corrected chi connectivity index (χ4v) is 3.54. The molecule has 0 fully saturated rings. The molecule has 0 aliphatic carbocycles. The predicted molar refractivity (Wildman–Crippen MR) is 102 cm³/mol. The number of carbonyl (C=O) groups is 1. The predicted octanol–water partition coefficient (Wildman–Crippen LogP) is 6.15. The molecule has 2 nitrogen and oxygen atoms in total. The lowest BCUT2D eigenvalue weighted by molar-refractivity contribution is 0.105. The molecule has 4 heteroatoms. The van der Waals surface area contributed by atoms with Crippen LogP contribution in [0.4, 0.5) is 0 Å². The van der Waals surface area contributed by atoms with E-state index in [1.165, 1.54) is 4.88 Å². The van der Waals surface area contributed by atoms with Gasteiger partial charge in [-0.3, -0.25) is 4.79 Å². The fourth-order valence-electron chi connectivity index (χ4n) is 2.13. The Morgan fingerprint density at radius 1 is 1.22 bits per heavy atom. The molecule has 1 heterocycles. The van der Waals surface area contributed by atoms with Crippen LogP contribution in [0.15, 0.2) is 40.9 Å². The van der Waals surface area contributed by atoms with E-state index in [-0.39, 0.29) is 5.78 Å². The third-order valence-corrected chi connectivity index (χ3v) is 4.90. The summed E-state index contributed by atoms with van der Waals surface area (Å²) in [4.78, 5) is 14.4. The summed E-state index contributed by atoms with van der Waals surface area (Å²) in [6.07, 6.45) is 6.54. The van der Waals surface area contributed by atoms with Gasteiger partial charge < -0.3 is 4.74 Å². The van der Waals surface area contributed by atoms with Crippen molar-refractivity contribution in [3.05, 3.63) is 56.2 Å². The average molecular weight is 393 g/mol. The lowest BCUT2D eigenvalue weighted by atomic mass is 10.1. The molecule has 0 aliphatic heterocycles. The molecule has 0 bridgehead atoms. The molecule has 0 amide bonds. The number of ketones is 1. The van der Waals surface area contributed by atoms with Gasteiger partial charge in [-0.2, -0.15) is 0 Å². The topological polar surface area (TPSA) is 26.3 Å². The second-order valence-electron chi connectivity index (χ2n) is 5.24. The minimum atomic E-state index is 0.0405. The van der Waals surface area contributed by atoms with Crippen LogP contribution >= 0.6 is 27.3 Å². The summed E-state index contributed by atoms with van der Waals surface area (Å²) in [7, 11) is 0. The number of hydrogen-bond acceptors (Lipinski definition) is 3. The Morgan fingerprint density at radius 2 is 2.04 bits per heavy atom. The van der Waals surface area contributed by atoms with Crippen LogP contribution in [-0.2, 0) is 6.42 Å². The van der Waals surface area contributed by atoms with Crippen LogP contribution in [0, 0.1) is 0 Å². The summed E-state index contributed by atoms with van der Waals surface area (Å²) in [5, 5.41) is 0.